The highest BCUT2D eigenvalue weighted by Gasteiger charge is 2.45. The van der Waals surface area contributed by atoms with Crippen molar-refractivity contribution in [3.63, 3.8) is 0 Å². The number of hydrogen-bond acceptors (Lipinski definition) is 5. The van der Waals surface area contributed by atoms with Crippen LogP contribution in [-0.4, -0.2) is 64.3 Å². The van der Waals surface area contributed by atoms with Gasteiger partial charge in [-0.1, -0.05) is 31.9 Å². The van der Waals surface area contributed by atoms with E-state index in [1.54, 1.807) is 32.9 Å². The number of benzene rings is 1. The zero-order chi connectivity index (χ0) is 24.1. The molecule has 1 saturated heterocycles. The molecular weight excluding hydrogens is 412 g/mol. The van der Waals surface area contributed by atoms with Crippen LogP contribution in [0.4, 0.5) is 4.79 Å². The smallest absolute Gasteiger partial charge is 0.405 e. The number of amides is 3. The molecule has 6 N–H and O–H groups in total. The van der Waals surface area contributed by atoms with Gasteiger partial charge < -0.3 is 31.5 Å². The fourth-order valence-electron chi connectivity index (χ4n) is 3.96. The molecule has 0 bridgehead atoms. The van der Waals surface area contributed by atoms with Gasteiger partial charge in [-0.15, -0.1) is 6.42 Å². The number of terminal acetylenes is 1. The zero-order valence-corrected chi connectivity index (χ0v) is 18.7. The number of aliphatic hydroxyl groups excluding tert-OH is 1. The quantitative estimate of drug-likeness (QED) is 0.375. The third-order valence-electron chi connectivity index (χ3n) is 5.89. The Hall–Kier alpha value is -3.09. The van der Waals surface area contributed by atoms with Crippen molar-refractivity contribution in [3.8, 4) is 12.3 Å². The molecule has 1 aromatic carbocycles. The second kappa shape index (κ2) is 10.5. The summed E-state index contributed by atoms with van der Waals surface area (Å²) in [6.07, 6.45) is 3.59. The van der Waals surface area contributed by atoms with Gasteiger partial charge >= 0.3 is 6.09 Å². The van der Waals surface area contributed by atoms with Crippen molar-refractivity contribution in [2.24, 2.45) is 11.1 Å². The molecule has 1 aliphatic rings. The van der Waals surface area contributed by atoms with Crippen molar-refractivity contribution in [2.45, 2.75) is 57.8 Å². The molecule has 1 aromatic rings. The lowest BCUT2D eigenvalue weighted by Gasteiger charge is -2.37. The molecule has 2 unspecified atom stereocenters. The van der Waals surface area contributed by atoms with Crippen LogP contribution >= 0.6 is 0 Å². The number of carbonyl (C=O) groups is 3. The van der Waals surface area contributed by atoms with Gasteiger partial charge in [-0.05, 0) is 43.0 Å². The molecule has 9 nitrogen and oxygen atoms in total. The van der Waals surface area contributed by atoms with Crippen LogP contribution in [-0.2, 0) is 9.59 Å². The summed E-state index contributed by atoms with van der Waals surface area (Å²) in [5.74, 6) is 1.55. The average Bonchev–Trinajstić information content (AvgIpc) is 3.13. The minimum Gasteiger partial charge on any atom is -0.465 e. The third kappa shape index (κ3) is 5.99. The van der Waals surface area contributed by atoms with Crippen LogP contribution in [0.5, 0.6) is 0 Å². The maximum Gasteiger partial charge on any atom is 0.405 e. The van der Waals surface area contributed by atoms with Crippen molar-refractivity contribution in [2.75, 3.05) is 13.1 Å². The molecule has 9 heteroatoms. The summed E-state index contributed by atoms with van der Waals surface area (Å²) in [6.45, 7) is 5.49. The first-order chi connectivity index (χ1) is 15.0. The molecule has 0 radical (unpaired) electrons. The first-order valence-electron chi connectivity index (χ1n) is 10.5. The van der Waals surface area contributed by atoms with E-state index in [2.05, 4.69) is 16.6 Å². The number of nitrogens with two attached hydrogens (primary N) is 1. The van der Waals surface area contributed by atoms with E-state index in [9.17, 15) is 24.6 Å². The van der Waals surface area contributed by atoms with E-state index in [4.69, 9.17) is 12.2 Å². The number of nitrogens with zero attached hydrogens (tertiary/aromatic N) is 1. The lowest BCUT2D eigenvalue weighted by molar-refractivity contribution is -0.142. The van der Waals surface area contributed by atoms with E-state index in [0.29, 0.717) is 6.42 Å². The SMILES string of the molecule is C#Cc1ccc(C(C)NC(=O)[C@@H]2C[C@@H](O)CN2C(=O)C(NC(=O)O)C(C)(C)CCN)cc1. The summed E-state index contributed by atoms with van der Waals surface area (Å²) in [5.41, 5.74) is 6.42. The van der Waals surface area contributed by atoms with Gasteiger partial charge in [0, 0.05) is 18.5 Å². The van der Waals surface area contributed by atoms with E-state index in [0.717, 1.165) is 11.1 Å². The summed E-state index contributed by atoms with van der Waals surface area (Å²) in [7, 11) is 0. The third-order valence-corrected chi connectivity index (χ3v) is 5.89. The maximum absolute atomic E-state index is 13.3. The molecule has 3 amide bonds. The highest BCUT2D eigenvalue weighted by Crippen LogP contribution is 2.29. The van der Waals surface area contributed by atoms with E-state index < -0.39 is 41.5 Å². The second-order valence-corrected chi connectivity index (χ2v) is 8.80. The van der Waals surface area contributed by atoms with Crippen LogP contribution in [0.15, 0.2) is 24.3 Å². The molecule has 1 aliphatic heterocycles. The lowest BCUT2D eigenvalue weighted by atomic mass is 9.80. The number of hydrogen-bond donors (Lipinski definition) is 5. The van der Waals surface area contributed by atoms with Gasteiger partial charge in [-0.25, -0.2) is 4.79 Å². The first kappa shape index (κ1) is 25.2. The summed E-state index contributed by atoms with van der Waals surface area (Å²) in [6, 6.07) is 4.79. The molecule has 174 valence electrons. The predicted molar refractivity (Wildman–Crippen MR) is 119 cm³/mol. The molecule has 0 saturated carbocycles. The van der Waals surface area contributed by atoms with E-state index in [1.807, 2.05) is 12.1 Å². The van der Waals surface area contributed by atoms with Crippen molar-refractivity contribution in [3.05, 3.63) is 35.4 Å². The van der Waals surface area contributed by atoms with E-state index in [1.165, 1.54) is 4.90 Å². The van der Waals surface area contributed by atoms with Crippen LogP contribution < -0.4 is 16.4 Å². The standard InChI is InChI=1S/C23H32N4O5/c1-5-15-6-8-16(9-7-15)14(2)25-20(29)18-12-17(28)13-27(18)21(30)19(26-22(31)32)23(3,4)10-11-24/h1,6-9,14,17-19,26,28H,10-13,24H2,2-4H3,(H,25,29)(H,31,32)/t14?,17-,18+,19?/m1/s1. The Bertz CT molecular complexity index is 877. The fraction of sp³-hybridized carbons (Fsp3) is 0.522. The monoisotopic (exact) mass is 444 g/mol. The topological polar surface area (TPSA) is 145 Å². The van der Waals surface area contributed by atoms with Gasteiger partial charge in [0.05, 0.1) is 12.1 Å². The molecule has 32 heavy (non-hydrogen) atoms. The Balaban J connectivity index is 2.20. The predicted octanol–water partition coefficient (Wildman–Crippen LogP) is 0.818. The van der Waals surface area contributed by atoms with Gasteiger partial charge in [0.15, 0.2) is 0 Å². The van der Waals surface area contributed by atoms with Gasteiger partial charge in [-0.2, -0.15) is 0 Å². The van der Waals surface area contributed by atoms with Crippen molar-refractivity contribution >= 4 is 17.9 Å². The number of nitrogens with one attached hydrogen (secondary N) is 2. The van der Waals surface area contributed by atoms with E-state index in [-0.39, 0.29) is 25.6 Å². The number of carbonyl (C=O) groups excluding carboxylic acids is 2. The molecule has 4 atom stereocenters. The summed E-state index contributed by atoms with van der Waals surface area (Å²) >= 11 is 0. The number of likely N-dealkylation sites (tertiary alicyclic amines) is 1. The first-order valence-corrected chi connectivity index (χ1v) is 10.5. The minimum atomic E-state index is -1.35. The van der Waals surface area contributed by atoms with E-state index >= 15 is 0 Å². The van der Waals surface area contributed by atoms with Gasteiger partial charge in [0.25, 0.3) is 0 Å². The van der Waals surface area contributed by atoms with Crippen LogP contribution in [0.2, 0.25) is 0 Å². The Morgan fingerprint density at radius 2 is 1.91 bits per heavy atom. The molecule has 1 heterocycles. The Morgan fingerprint density at radius 3 is 2.44 bits per heavy atom. The Morgan fingerprint density at radius 1 is 1.28 bits per heavy atom. The number of aliphatic hydroxyl groups is 1. The van der Waals surface area contributed by atoms with Crippen LogP contribution in [0.25, 0.3) is 0 Å². The van der Waals surface area contributed by atoms with Gasteiger partial charge in [-0.3, -0.25) is 9.59 Å². The largest absolute Gasteiger partial charge is 0.465 e. The zero-order valence-electron chi connectivity index (χ0n) is 18.7. The fourth-order valence-corrected chi connectivity index (χ4v) is 3.96. The van der Waals surface area contributed by atoms with Crippen molar-refractivity contribution in [1.29, 1.82) is 0 Å². The van der Waals surface area contributed by atoms with Crippen molar-refractivity contribution in [1.82, 2.24) is 15.5 Å². The summed E-state index contributed by atoms with van der Waals surface area (Å²) in [5, 5.41) is 24.6. The highest BCUT2D eigenvalue weighted by atomic mass is 16.4. The normalized spacial score (nSPS) is 20.2. The molecule has 0 spiro atoms. The van der Waals surface area contributed by atoms with Gasteiger partial charge in [0.1, 0.15) is 12.1 Å². The summed E-state index contributed by atoms with van der Waals surface area (Å²) < 4.78 is 0. The molecule has 0 aromatic heterocycles. The van der Waals surface area contributed by atoms with Crippen molar-refractivity contribution < 1.29 is 24.6 Å². The molecule has 2 rings (SSSR count). The molecule has 0 aliphatic carbocycles. The second-order valence-electron chi connectivity index (χ2n) is 8.80. The average molecular weight is 445 g/mol. The Labute approximate surface area is 188 Å². The molecular formula is C23H32N4O5. The van der Waals surface area contributed by atoms with Crippen LogP contribution in [0, 0.1) is 17.8 Å². The highest BCUT2D eigenvalue weighted by molar-refractivity contribution is 5.92. The number of rotatable bonds is 8. The van der Waals surface area contributed by atoms with Crippen LogP contribution in [0.3, 0.4) is 0 Å². The number of carboxylic acid groups (broad SMARTS) is 1. The summed E-state index contributed by atoms with van der Waals surface area (Å²) in [4.78, 5) is 39.0. The lowest BCUT2D eigenvalue weighted by Crippen LogP contribution is -2.58. The number of β-amino-alcohol motifs (C(OH)–C–C–N with tert-alkyl or cyclic N) is 1. The maximum atomic E-state index is 13.3. The van der Waals surface area contributed by atoms with Gasteiger partial charge in [0.2, 0.25) is 11.8 Å². The minimum absolute atomic E-state index is 0.0569. The van der Waals surface area contributed by atoms with Crippen LogP contribution in [0.1, 0.15) is 50.8 Å². The molecule has 1 fully saturated rings. The Kier molecular flexibility index (Phi) is 8.25.